The average molecular weight is 304 g/mol. The lowest BCUT2D eigenvalue weighted by Gasteiger charge is -2.08. The van der Waals surface area contributed by atoms with E-state index >= 15 is 0 Å². The Labute approximate surface area is 113 Å². The SMILES string of the molecule is Cc1cccc2ccn(-c3ccc(Br)c(F)c3)c12. The molecule has 0 unspecified atom stereocenters. The van der Waals surface area contributed by atoms with Crippen LogP contribution in [0.3, 0.4) is 0 Å². The average Bonchev–Trinajstić information content (AvgIpc) is 2.78. The Morgan fingerprint density at radius 3 is 2.72 bits per heavy atom. The van der Waals surface area contributed by atoms with Crippen LogP contribution in [0.4, 0.5) is 4.39 Å². The molecule has 3 rings (SSSR count). The molecule has 0 N–H and O–H groups in total. The Morgan fingerprint density at radius 2 is 1.94 bits per heavy atom. The van der Waals surface area contributed by atoms with E-state index in [1.807, 2.05) is 29.0 Å². The number of nitrogens with zero attached hydrogens (tertiary/aromatic N) is 1. The number of halogens is 2. The molecule has 0 aliphatic heterocycles. The molecular formula is C15H11BrFN. The Morgan fingerprint density at radius 1 is 1.11 bits per heavy atom. The van der Waals surface area contributed by atoms with Gasteiger partial charge in [-0.05, 0) is 52.7 Å². The highest BCUT2D eigenvalue weighted by molar-refractivity contribution is 9.10. The van der Waals surface area contributed by atoms with Crippen LogP contribution in [0.25, 0.3) is 16.6 Å². The zero-order valence-electron chi connectivity index (χ0n) is 9.82. The molecule has 18 heavy (non-hydrogen) atoms. The molecule has 0 radical (unpaired) electrons. The molecule has 0 amide bonds. The first-order chi connectivity index (χ1) is 8.66. The van der Waals surface area contributed by atoms with E-state index in [1.165, 1.54) is 17.0 Å². The van der Waals surface area contributed by atoms with E-state index in [0.717, 1.165) is 11.2 Å². The van der Waals surface area contributed by atoms with Gasteiger partial charge in [0.1, 0.15) is 5.82 Å². The van der Waals surface area contributed by atoms with E-state index in [0.29, 0.717) is 4.47 Å². The van der Waals surface area contributed by atoms with Crippen molar-refractivity contribution in [3.63, 3.8) is 0 Å². The summed E-state index contributed by atoms with van der Waals surface area (Å²) in [5.74, 6) is -0.247. The van der Waals surface area contributed by atoms with Crippen molar-refractivity contribution in [1.82, 2.24) is 4.57 Å². The summed E-state index contributed by atoms with van der Waals surface area (Å²) in [5, 5.41) is 1.17. The second-order valence-corrected chi connectivity index (χ2v) is 5.15. The molecular weight excluding hydrogens is 293 g/mol. The smallest absolute Gasteiger partial charge is 0.139 e. The molecule has 1 nitrogen and oxygen atoms in total. The summed E-state index contributed by atoms with van der Waals surface area (Å²) in [6, 6.07) is 13.4. The Hall–Kier alpha value is -1.61. The molecule has 2 aromatic carbocycles. The van der Waals surface area contributed by atoms with Gasteiger partial charge in [0.2, 0.25) is 0 Å². The molecule has 3 heteroatoms. The topological polar surface area (TPSA) is 4.93 Å². The Bertz CT molecular complexity index is 730. The number of aryl methyl sites for hydroxylation is 1. The van der Waals surface area contributed by atoms with Gasteiger partial charge in [-0.15, -0.1) is 0 Å². The van der Waals surface area contributed by atoms with Crippen molar-refractivity contribution in [3.05, 3.63) is 64.5 Å². The molecule has 0 bridgehead atoms. The fourth-order valence-electron chi connectivity index (χ4n) is 2.22. The Balaban J connectivity index is 2.28. The van der Waals surface area contributed by atoms with E-state index in [2.05, 4.69) is 35.0 Å². The third-order valence-corrected chi connectivity index (χ3v) is 3.74. The number of fused-ring (bicyclic) bond motifs is 1. The van der Waals surface area contributed by atoms with Gasteiger partial charge in [0, 0.05) is 17.3 Å². The van der Waals surface area contributed by atoms with Crippen molar-refractivity contribution in [2.24, 2.45) is 0 Å². The van der Waals surface area contributed by atoms with Crippen LogP contribution < -0.4 is 0 Å². The number of para-hydroxylation sites is 1. The van der Waals surface area contributed by atoms with Gasteiger partial charge in [-0.1, -0.05) is 18.2 Å². The maximum absolute atomic E-state index is 13.6. The summed E-state index contributed by atoms with van der Waals surface area (Å²) in [5.41, 5.74) is 3.14. The fourth-order valence-corrected chi connectivity index (χ4v) is 2.47. The van der Waals surface area contributed by atoms with Crippen molar-refractivity contribution in [1.29, 1.82) is 0 Å². The van der Waals surface area contributed by atoms with Gasteiger partial charge in [0.15, 0.2) is 0 Å². The van der Waals surface area contributed by atoms with Gasteiger partial charge < -0.3 is 4.57 Å². The first kappa shape index (κ1) is 11.5. The highest BCUT2D eigenvalue weighted by Crippen LogP contribution is 2.25. The molecule has 0 atom stereocenters. The highest BCUT2D eigenvalue weighted by Gasteiger charge is 2.07. The molecule has 0 aliphatic carbocycles. The number of rotatable bonds is 1. The molecule has 0 spiro atoms. The van der Waals surface area contributed by atoms with Crippen LogP contribution in [0.15, 0.2) is 53.1 Å². The number of aromatic nitrogens is 1. The minimum Gasteiger partial charge on any atom is -0.316 e. The first-order valence-electron chi connectivity index (χ1n) is 5.69. The van der Waals surface area contributed by atoms with Gasteiger partial charge >= 0.3 is 0 Å². The molecule has 1 heterocycles. The molecule has 90 valence electrons. The predicted octanol–water partition coefficient (Wildman–Crippen LogP) is 4.84. The van der Waals surface area contributed by atoms with E-state index in [1.54, 1.807) is 6.07 Å². The van der Waals surface area contributed by atoms with E-state index in [4.69, 9.17) is 0 Å². The third kappa shape index (κ3) is 1.75. The first-order valence-corrected chi connectivity index (χ1v) is 6.48. The molecule has 0 saturated heterocycles. The number of hydrogen-bond donors (Lipinski definition) is 0. The minimum atomic E-state index is -0.247. The molecule has 1 aromatic heterocycles. The maximum atomic E-state index is 13.6. The van der Waals surface area contributed by atoms with Crippen molar-refractivity contribution in [3.8, 4) is 5.69 Å². The van der Waals surface area contributed by atoms with Gasteiger partial charge in [-0.2, -0.15) is 0 Å². The zero-order valence-corrected chi connectivity index (χ0v) is 11.4. The number of benzene rings is 2. The summed E-state index contributed by atoms with van der Waals surface area (Å²) in [6.07, 6.45) is 1.97. The molecule has 0 aliphatic rings. The van der Waals surface area contributed by atoms with Crippen LogP contribution in [0.2, 0.25) is 0 Å². The standard InChI is InChI=1S/C15H11BrFN/c1-10-3-2-4-11-7-8-18(15(10)11)12-5-6-13(16)14(17)9-12/h2-9H,1H3. The Kier molecular flexibility index (Phi) is 2.71. The van der Waals surface area contributed by atoms with Crippen molar-refractivity contribution in [2.45, 2.75) is 6.92 Å². The van der Waals surface area contributed by atoms with Crippen LogP contribution in [0.1, 0.15) is 5.56 Å². The van der Waals surface area contributed by atoms with Gasteiger partial charge in [-0.25, -0.2) is 4.39 Å². The second kappa shape index (κ2) is 4.25. The lowest BCUT2D eigenvalue weighted by atomic mass is 10.1. The van der Waals surface area contributed by atoms with E-state index in [-0.39, 0.29) is 5.82 Å². The maximum Gasteiger partial charge on any atom is 0.139 e. The predicted molar refractivity (Wildman–Crippen MR) is 75.7 cm³/mol. The summed E-state index contributed by atoms with van der Waals surface area (Å²) in [4.78, 5) is 0. The lowest BCUT2D eigenvalue weighted by molar-refractivity contribution is 0.620. The number of hydrogen-bond acceptors (Lipinski definition) is 0. The van der Waals surface area contributed by atoms with Crippen molar-refractivity contribution < 1.29 is 4.39 Å². The summed E-state index contributed by atoms with van der Waals surface area (Å²) in [6.45, 7) is 2.06. The summed E-state index contributed by atoms with van der Waals surface area (Å²) < 4.78 is 16.1. The summed E-state index contributed by atoms with van der Waals surface area (Å²) in [7, 11) is 0. The third-order valence-electron chi connectivity index (χ3n) is 3.09. The van der Waals surface area contributed by atoms with Gasteiger partial charge in [-0.3, -0.25) is 0 Å². The molecule has 0 saturated carbocycles. The van der Waals surface area contributed by atoms with Crippen LogP contribution >= 0.6 is 15.9 Å². The van der Waals surface area contributed by atoms with E-state index in [9.17, 15) is 4.39 Å². The van der Waals surface area contributed by atoms with Crippen LogP contribution in [0, 0.1) is 12.7 Å². The lowest BCUT2D eigenvalue weighted by Crippen LogP contribution is -1.94. The van der Waals surface area contributed by atoms with E-state index < -0.39 is 0 Å². The fraction of sp³-hybridized carbons (Fsp3) is 0.0667. The van der Waals surface area contributed by atoms with Crippen molar-refractivity contribution in [2.75, 3.05) is 0 Å². The largest absolute Gasteiger partial charge is 0.316 e. The highest BCUT2D eigenvalue weighted by atomic mass is 79.9. The van der Waals surface area contributed by atoms with Crippen LogP contribution in [-0.2, 0) is 0 Å². The molecule has 0 fully saturated rings. The summed E-state index contributed by atoms with van der Waals surface area (Å²) >= 11 is 3.17. The zero-order chi connectivity index (χ0) is 12.7. The normalized spacial score (nSPS) is 11.1. The van der Waals surface area contributed by atoms with Crippen molar-refractivity contribution >= 4 is 26.8 Å². The van der Waals surface area contributed by atoms with Gasteiger partial charge in [0.25, 0.3) is 0 Å². The van der Waals surface area contributed by atoms with Crippen LogP contribution in [0.5, 0.6) is 0 Å². The monoisotopic (exact) mass is 303 g/mol. The van der Waals surface area contributed by atoms with Gasteiger partial charge in [0.05, 0.1) is 9.99 Å². The quantitative estimate of drug-likeness (QED) is 0.606. The van der Waals surface area contributed by atoms with Crippen LogP contribution in [-0.4, -0.2) is 4.57 Å². The molecule has 3 aromatic rings. The second-order valence-electron chi connectivity index (χ2n) is 4.30. The minimum absolute atomic E-state index is 0.247.